The summed E-state index contributed by atoms with van der Waals surface area (Å²) in [6.07, 6.45) is 13.7. The molecule has 13 heteroatoms. The normalized spacial score (nSPS) is 22.7. The second-order valence-electron chi connectivity index (χ2n) is 18.2. The maximum atomic E-state index is 12.1. The summed E-state index contributed by atoms with van der Waals surface area (Å²) in [6, 6.07) is 39.0. The van der Waals surface area contributed by atoms with E-state index in [1.807, 2.05) is 121 Å². The van der Waals surface area contributed by atoms with Crippen LogP contribution in [0.25, 0.3) is 0 Å². The average Bonchev–Trinajstić information content (AvgIpc) is 3.41. The molecule has 4 aliphatic rings. The Balaban J connectivity index is 0.000000172. The number of ketones is 2. The number of methoxy groups -OCH3 is 2. The average molecular weight is 939 g/mol. The SMILES string of the molecule is COC(=O)C(c1ccccc1)C1CCCCN1.O=CC(=O)C(c1ccccc1)C1CCCCN1.O=CC(=O)C(c1ccccc1)C1CCCCN1.[B]C1(C(C(=O)OC)c2ccccc2)CCCCN1. The molecule has 4 saturated heterocycles. The third-order valence-electron chi connectivity index (χ3n) is 13.6. The molecule has 4 aromatic rings. The van der Waals surface area contributed by atoms with Crippen molar-refractivity contribution in [1.29, 1.82) is 0 Å². The zero-order chi connectivity index (χ0) is 49.3. The van der Waals surface area contributed by atoms with Crippen LogP contribution in [0.5, 0.6) is 0 Å². The van der Waals surface area contributed by atoms with Crippen LogP contribution < -0.4 is 21.3 Å². The molecule has 2 radical (unpaired) electrons. The Bertz CT molecular complexity index is 2060. The van der Waals surface area contributed by atoms with Crippen LogP contribution in [0.1, 0.15) is 123 Å². The lowest BCUT2D eigenvalue weighted by molar-refractivity contribution is -0.144. The molecule has 8 rings (SSSR count). The topological polar surface area (TPSA) is 169 Å². The minimum absolute atomic E-state index is 0.101. The Morgan fingerprint density at radius 1 is 0.493 bits per heavy atom. The summed E-state index contributed by atoms with van der Waals surface area (Å²) < 4.78 is 9.87. The van der Waals surface area contributed by atoms with Crippen LogP contribution in [0.2, 0.25) is 0 Å². The van der Waals surface area contributed by atoms with Gasteiger partial charge in [0, 0.05) is 18.1 Å². The number of rotatable bonds is 14. The molecule has 4 heterocycles. The van der Waals surface area contributed by atoms with Crippen LogP contribution in [-0.2, 0) is 38.2 Å². The number of Topliss-reactive ketones (excluding diaryl/α,β-unsaturated/α-hetero) is 2. The maximum Gasteiger partial charge on any atom is 0.314 e. The van der Waals surface area contributed by atoms with E-state index in [1.165, 1.54) is 27.1 Å². The standard InChI is InChI=1S/C14H18BNO2.C14H19NO2.2C14H17NO2/c1-18-13(17)12(11-7-3-2-4-8-11)14(15)9-5-6-10-16-14;1-17-14(16)13(11-7-3-2-4-8-11)12-9-5-6-10-15-12;2*16-10-13(17)14(11-6-2-1-3-7-11)12-8-4-5-9-15-12/h2-4,7-8,12,16H,5-6,9-10H2,1H3;2-4,7-8,12-13,15H,5-6,9-10H2,1H3;2*1-3,6-7,10,12,14-15H,4-5,8-9H2. The van der Waals surface area contributed by atoms with Gasteiger partial charge < -0.3 is 30.7 Å². The molecule has 0 aromatic heterocycles. The molecule has 4 fully saturated rings. The van der Waals surface area contributed by atoms with Crippen molar-refractivity contribution < 1.29 is 38.2 Å². The first-order valence-electron chi connectivity index (χ1n) is 24.7. The van der Waals surface area contributed by atoms with E-state index in [9.17, 15) is 28.8 Å². The molecule has 4 aromatic carbocycles. The number of carbonyl (C=O) groups excluding carboxylic acids is 6. The Kier molecular flexibility index (Phi) is 23.2. The summed E-state index contributed by atoms with van der Waals surface area (Å²) in [5.74, 6) is -2.35. The highest BCUT2D eigenvalue weighted by molar-refractivity contribution is 6.28. The van der Waals surface area contributed by atoms with Crippen molar-refractivity contribution in [3.63, 3.8) is 0 Å². The minimum atomic E-state index is -0.702. The van der Waals surface area contributed by atoms with Crippen LogP contribution in [0.4, 0.5) is 0 Å². The molecule has 0 saturated carbocycles. The van der Waals surface area contributed by atoms with Crippen molar-refractivity contribution in [2.75, 3.05) is 40.4 Å². The lowest BCUT2D eigenvalue weighted by Gasteiger charge is -2.41. The molecule has 0 aliphatic carbocycles. The number of benzene rings is 4. The number of carbonyl (C=O) groups is 6. The summed E-state index contributed by atoms with van der Waals surface area (Å²) in [6.45, 7) is 3.70. The zero-order valence-electron chi connectivity index (χ0n) is 40.4. The number of nitrogens with one attached hydrogen (secondary N) is 4. The Hall–Kier alpha value is -5.60. The smallest absolute Gasteiger partial charge is 0.314 e. The highest BCUT2D eigenvalue weighted by Gasteiger charge is 2.41. The van der Waals surface area contributed by atoms with E-state index in [2.05, 4.69) is 21.3 Å². The van der Waals surface area contributed by atoms with Gasteiger partial charge >= 0.3 is 11.9 Å². The predicted octanol–water partition coefficient (Wildman–Crippen LogP) is 7.03. The second kappa shape index (κ2) is 29.4. The highest BCUT2D eigenvalue weighted by Crippen LogP contribution is 2.34. The fraction of sp³-hybridized carbons (Fsp3) is 0.464. The third kappa shape index (κ3) is 16.2. The van der Waals surface area contributed by atoms with Crippen molar-refractivity contribution in [2.45, 2.75) is 124 Å². The number of aldehydes is 2. The molecular weight excluding hydrogens is 867 g/mol. The van der Waals surface area contributed by atoms with E-state index < -0.39 is 11.4 Å². The van der Waals surface area contributed by atoms with Crippen molar-refractivity contribution in [3.8, 4) is 0 Å². The quantitative estimate of drug-likeness (QED) is 0.0442. The van der Waals surface area contributed by atoms with Crippen molar-refractivity contribution in [2.24, 2.45) is 0 Å². The monoisotopic (exact) mass is 939 g/mol. The largest absolute Gasteiger partial charge is 0.469 e. The van der Waals surface area contributed by atoms with Crippen LogP contribution in [0, 0.1) is 0 Å². The number of hydrogen-bond donors (Lipinski definition) is 4. The summed E-state index contributed by atoms with van der Waals surface area (Å²) >= 11 is 0. The predicted molar refractivity (Wildman–Crippen MR) is 270 cm³/mol. The van der Waals surface area contributed by atoms with E-state index in [4.69, 9.17) is 17.3 Å². The molecule has 8 unspecified atom stereocenters. The first-order valence-corrected chi connectivity index (χ1v) is 24.7. The van der Waals surface area contributed by atoms with Gasteiger partial charge in [-0.2, -0.15) is 0 Å². The first-order chi connectivity index (χ1) is 33.6. The first kappa shape index (κ1) is 54.3. The molecule has 0 amide bonds. The summed E-state index contributed by atoms with van der Waals surface area (Å²) in [4.78, 5) is 69.2. The minimum Gasteiger partial charge on any atom is -0.469 e. The van der Waals surface area contributed by atoms with Crippen molar-refractivity contribution >= 4 is 43.9 Å². The van der Waals surface area contributed by atoms with Gasteiger partial charge in [0.2, 0.25) is 11.6 Å². The van der Waals surface area contributed by atoms with Gasteiger partial charge in [-0.25, -0.2) is 0 Å². The highest BCUT2D eigenvalue weighted by atomic mass is 16.5. The number of esters is 2. The van der Waals surface area contributed by atoms with Gasteiger partial charge in [0.05, 0.1) is 45.7 Å². The van der Waals surface area contributed by atoms with Gasteiger partial charge in [-0.15, -0.1) is 0 Å². The lowest BCUT2D eigenvalue weighted by Crippen LogP contribution is -2.55. The molecule has 4 N–H and O–H groups in total. The van der Waals surface area contributed by atoms with E-state index in [0.29, 0.717) is 12.6 Å². The van der Waals surface area contributed by atoms with Gasteiger partial charge in [-0.3, -0.25) is 28.8 Å². The number of piperidine rings is 4. The van der Waals surface area contributed by atoms with E-state index >= 15 is 0 Å². The van der Waals surface area contributed by atoms with Gasteiger partial charge in [0.15, 0.2) is 12.6 Å². The number of ether oxygens (including phenoxy) is 2. The summed E-state index contributed by atoms with van der Waals surface area (Å²) in [5.41, 5.74) is 3.11. The maximum absolute atomic E-state index is 12.1. The fourth-order valence-corrected chi connectivity index (χ4v) is 10.1. The Labute approximate surface area is 410 Å². The van der Waals surface area contributed by atoms with Gasteiger partial charge in [-0.1, -0.05) is 147 Å². The van der Waals surface area contributed by atoms with Crippen LogP contribution in [-0.4, -0.2) is 108 Å². The lowest BCUT2D eigenvalue weighted by atomic mass is 9.62. The summed E-state index contributed by atoms with van der Waals surface area (Å²) in [5, 5.41) is 13.4. The second-order valence-corrected chi connectivity index (χ2v) is 18.2. The third-order valence-corrected chi connectivity index (χ3v) is 13.6. The Morgan fingerprint density at radius 2 is 0.841 bits per heavy atom. The van der Waals surface area contributed by atoms with E-state index in [1.54, 1.807) is 0 Å². The molecule has 366 valence electrons. The molecule has 0 bridgehead atoms. The van der Waals surface area contributed by atoms with E-state index in [0.717, 1.165) is 113 Å². The Morgan fingerprint density at radius 3 is 1.16 bits per heavy atom. The van der Waals surface area contributed by atoms with Gasteiger partial charge in [0.25, 0.3) is 0 Å². The van der Waals surface area contributed by atoms with Crippen molar-refractivity contribution in [1.82, 2.24) is 21.3 Å². The molecule has 0 spiro atoms. The van der Waals surface area contributed by atoms with Gasteiger partial charge in [-0.05, 0) is 105 Å². The molecular formula is C56H71BN4O8. The molecule has 4 aliphatic heterocycles. The molecule has 8 atom stereocenters. The molecule has 69 heavy (non-hydrogen) atoms. The van der Waals surface area contributed by atoms with Gasteiger partial charge in [0.1, 0.15) is 0 Å². The van der Waals surface area contributed by atoms with Crippen molar-refractivity contribution in [3.05, 3.63) is 144 Å². The van der Waals surface area contributed by atoms with Crippen LogP contribution in [0.15, 0.2) is 121 Å². The van der Waals surface area contributed by atoms with E-state index in [-0.39, 0.29) is 59.4 Å². The fourth-order valence-electron chi connectivity index (χ4n) is 10.1. The number of hydrogen-bond acceptors (Lipinski definition) is 12. The van der Waals surface area contributed by atoms with Crippen LogP contribution in [0.3, 0.4) is 0 Å². The summed E-state index contributed by atoms with van der Waals surface area (Å²) in [7, 11) is 9.27. The molecule has 12 nitrogen and oxygen atoms in total. The zero-order valence-corrected chi connectivity index (χ0v) is 40.4. The van der Waals surface area contributed by atoms with Crippen LogP contribution >= 0.6 is 0 Å².